The van der Waals surface area contributed by atoms with E-state index in [0.29, 0.717) is 25.3 Å². The van der Waals surface area contributed by atoms with E-state index in [2.05, 4.69) is 0 Å². The van der Waals surface area contributed by atoms with Crippen LogP contribution in [0.15, 0.2) is 29.2 Å². The third-order valence-corrected chi connectivity index (χ3v) is 6.08. The maximum atomic E-state index is 12.5. The first-order valence-corrected chi connectivity index (χ1v) is 9.16. The number of hydrogen-bond donors (Lipinski definition) is 0. The summed E-state index contributed by atoms with van der Waals surface area (Å²) >= 11 is 0. The summed E-state index contributed by atoms with van der Waals surface area (Å²) in [5.74, 6) is -0.0960. The molecule has 1 aliphatic rings. The van der Waals surface area contributed by atoms with Gasteiger partial charge in [-0.15, -0.1) is 0 Å². The number of amides is 1. The number of carbonyl (C=O) groups excluding carboxylic acids is 1. The summed E-state index contributed by atoms with van der Waals surface area (Å²) in [4.78, 5) is 14.4. The lowest BCUT2D eigenvalue weighted by Crippen LogP contribution is -2.44. The highest BCUT2D eigenvalue weighted by Gasteiger charge is 2.25. The van der Waals surface area contributed by atoms with E-state index in [1.54, 1.807) is 24.1 Å². The molecule has 0 aromatic heterocycles. The van der Waals surface area contributed by atoms with Crippen molar-refractivity contribution < 1.29 is 17.9 Å². The first kappa shape index (κ1) is 17.9. The molecule has 1 unspecified atom stereocenters. The van der Waals surface area contributed by atoms with Crippen LogP contribution in [0.25, 0.3) is 0 Å². The Morgan fingerprint density at radius 3 is 2.43 bits per heavy atom. The van der Waals surface area contributed by atoms with Crippen molar-refractivity contribution in [1.29, 1.82) is 0 Å². The lowest BCUT2D eigenvalue weighted by molar-refractivity contribution is -0.0124. The lowest BCUT2D eigenvalue weighted by Gasteiger charge is -2.31. The zero-order valence-electron chi connectivity index (χ0n) is 14.0. The average molecular weight is 340 g/mol. The number of sulfonamides is 1. The average Bonchev–Trinajstić information content (AvgIpc) is 2.53. The molecule has 23 heavy (non-hydrogen) atoms. The molecule has 2 rings (SSSR count). The molecule has 1 aromatic carbocycles. The fourth-order valence-electron chi connectivity index (χ4n) is 2.40. The van der Waals surface area contributed by atoms with Gasteiger partial charge in [-0.05, 0) is 45.0 Å². The van der Waals surface area contributed by atoms with Gasteiger partial charge in [0.2, 0.25) is 10.0 Å². The number of carbonyl (C=O) groups is 1. The van der Waals surface area contributed by atoms with Gasteiger partial charge >= 0.3 is 0 Å². The van der Waals surface area contributed by atoms with Gasteiger partial charge in [-0.25, -0.2) is 8.42 Å². The first-order valence-electron chi connectivity index (χ1n) is 7.72. The van der Waals surface area contributed by atoms with Gasteiger partial charge in [-0.1, -0.05) is 0 Å². The molecule has 1 heterocycles. The minimum Gasteiger partial charge on any atom is -0.375 e. The Bertz CT molecular complexity index is 655. The van der Waals surface area contributed by atoms with E-state index in [1.807, 2.05) is 20.8 Å². The number of morpholine rings is 1. The highest BCUT2D eigenvalue weighted by atomic mass is 32.2. The highest BCUT2D eigenvalue weighted by molar-refractivity contribution is 7.89. The number of benzene rings is 1. The van der Waals surface area contributed by atoms with Crippen LogP contribution in [0.5, 0.6) is 0 Å². The van der Waals surface area contributed by atoms with E-state index >= 15 is 0 Å². The molecule has 1 fully saturated rings. The lowest BCUT2D eigenvalue weighted by atomic mass is 10.2. The van der Waals surface area contributed by atoms with Gasteiger partial charge in [-0.2, -0.15) is 4.31 Å². The summed E-state index contributed by atoms with van der Waals surface area (Å²) in [6, 6.07) is 6.00. The summed E-state index contributed by atoms with van der Waals surface area (Å²) in [6.45, 7) is 7.19. The Labute approximate surface area is 138 Å². The van der Waals surface area contributed by atoms with Crippen LogP contribution in [0.3, 0.4) is 0 Å². The van der Waals surface area contributed by atoms with Gasteiger partial charge < -0.3 is 9.64 Å². The third kappa shape index (κ3) is 3.91. The second kappa shape index (κ2) is 6.98. The van der Waals surface area contributed by atoms with Crippen LogP contribution in [0.1, 0.15) is 31.1 Å². The molecule has 0 radical (unpaired) electrons. The molecule has 1 atom stereocenters. The molecule has 128 valence electrons. The second-order valence-electron chi connectivity index (χ2n) is 6.07. The molecule has 1 saturated heterocycles. The van der Waals surface area contributed by atoms with Gasteiger partial charge in [0.25, 0.3) is 5.91 Å². The summed E-state index contributed by atoms with van der Waals surface area (Å²) in [5, 5.41) is 0. The van der Waals surface area contributed by atoms with Gasteiger partial charge in [-0.3, -0.25) is 4.79 Å². The Hall–Kier alpha value is -1.44. The molecule has 0 aliphatic carbocycles. The minimum atomic E-state index is -3.53. The molecule has 1 aliphatic heterocycles. The van der Waals surface area contributed by atoms with Crippen molar-refractivity contribution in [2.24, 2.45) is 0 Å². The molecular weight excluding hydrogens is 316 g/mol. The van der Waals surface area contributed by atoms with E-state index in [9.17, 15) is 13.2 Å². The molecular formula is C16H24N2O4S. The summed E-state index contributed by atoms with van der Waals surface area (Å²) in [5.41, 5.74) is 0.491. The number of hydrogen-bond acceptors (Lipinski definition) is 4. The van der Waals surface area contributed by atoms with Crippen molar-refractivity contribution in [2.45, 2.75) is 37.8 Å². The number of ether oxygens (including phenoxy) is 1. The van der Waals surface area contributed by atoms with Crippen molar-refractivity contribution in [1.82, 2.24) is 9.21 Å². The maximum absolute atomic E-state index is 12.5. The molecule has 1 aromatic rings. The van der Waals surface area contributed by atoms with Crippen molar-refractivity contribution >= 4 is 15.9 Å². The van der Waals surface area contributed by atoms with Crippen LogP contribution in [0.2, 0.25) is 0 Å². The molecule has 6 nitrogen and oxygen atoms in total. The van der Waals surface area contributed by atoms with Crippen molar-refractivity contribution in [2.75, 3.05) is 26.7 Å². The summed E-state index contributed by atoms with van der Waals surface area (Å²) in [7, 11) is -1.98. The van der Waals surface area contributed by atoms with E-state index in [1.165, 1.54) is 16.4 Å². The third-order valence-electron chi connectivity index (χ3n) is 4.03. The standard InChI is InChI=1S/C16H24N2O4S/c1-12(2)17(4)23(20,21)15-7-5-14(6-8-15)16(19)18-9-10-22-13(3)11-18/h5-8,12-13H,9-11H2,1-4H3. The van der Waals surface area contributed by atoms with Crippen LogP contribution in [-0.2, 0) is 14.8 Å². The Morgan fingerprint density at radius 2 is 1.91 bits per heavy atom. The predicted molar refractivity (Wildman–Crippen MR) is 87.8 cm³/mol. The smallest absolute Gasteiger partial charge is 0.254 e. The minimum absolute atomic E-state index is 0.0204. The van der Waals surface area contributed by atoms with E-state index in [-0.39, 0.29) is 22.9 Å². The van der Waals surface area contributed by atoms with Gasteiger partial charge in [0.15, 0.2) is 0 Å². The summed E-state index contributed by atoms with van der Waals surface area (Å²) < 4.78 is 31.6. The summed E-state index contributed by atoms with van der Waals surface area (Å²) in [6.07, 6.45) is 0.0204. The molecule has 1 amide bonds. The van der Waals surface area contributed by atoms with Gasteiger partial charge in [0.05, 0.1) is 17.6 Å². The molecule has 0 saturated carbocycles. The van der Waals surface area contributed by atoms with Crippen LogP contribution in [-0.4, -0.2) is 62.4 Å². The zero-order chi connectivity index (χ0) is 17.2. The van der Waals surface area contributed by atoms with Crippen LogP contribution in [0, 0.1) is 0 Å². The molecule has 0 bridgehead atoms. The fourth-order valence-corrected chi connectivity index (χ4v) is 3.77. The SMILES string of the molecule is CC1CN(C(=O)c2ccc(S(=O)(=O)N(C)C(C)C)cc2)CCO1. The van der Waals surface area contributed by atoms with E-state index in [4.69, 9.17) is 4.74 Å². The van der Waals surface area contributed by atoms with Crippen LogP contribution in [0.4, 0.5) is 0 Å². The number of rotatable bonds is 4. The monoisotopic (exact) mass is 340 g/mol. The maximum Gasteiger partial charge on any atom is 0.254 e. The Balaban J connectivity index is 2.18. The van der Waals surface area contributed by atoms with E-state index in [0.717, 1.165) is 0 Å². The largest absolute Gasteiger partial charge is 0.375 e. The second-order valence-corrected chi connectivity index (χ2v) is 8.07. The Morgan fingerprint density at radius 1 is 1.30 bits per heavy atom. The van der Waals surface area contributed by atoms with Crippen LogP contribution < -0.4 is 0 Å². The highest BCUT2D eigenvalue weighted by Crippen LogP contribution is 2.18. The molecule has 7 heteroatoms. The number of nitrogens with zero attached hydrogens (tertiary/aromatic N) is 2. The fraction of sp³-hybridized carbons (Fsp3) is 0.562. The normalized spacial score (nSPS) is 19.4. The van der Waals surface area contributed by atoms with Gasteiger partial charge in [0, 0.05) is 31.7 Å². The molecule has 0 spiro atoms. The van der Waals surface area contributed by atoms with Crippen molar-refractivity contribution in [3.05, 3.63) is 29.8 Å². The van der Waals surface area contributed by atoms with Crippen LogP contribution >= 0.6 is 0 Å². The molecule has 0 N–H and O–H groups in total. The quantitative estimate of drug-likeness (QED) is 0.834. The first-order chi connectivity index (χ1) is 10.7. The van der Waals surface area contributed by atoms with Crippen molar-refractivity contribution in [3.63, 3.8) is 0 Å². The predicted octanol–water partition coefficient (Wildman–Crippen LogP) is 1.58. The topological polar surface area (TPSA) is 66.9 Å². The van der Waals surface area contributed by atoms with E-state index < -0.39 is 10.0 Å². The van der Waals surface area contributed by atoms with Crippen molar-refractivity contribution in [3.8, 4) is 0 Å². The van der Waals surface area contributed by atoms with Gasteiger partial charge in [0.1, 0.15) is 0 Å². The zero-order valence-corrected chi connectivity index (χ0v) is 14.8. The Kier molecular flexibility index (Phi) is 5.44.